The van der Waals surface area contributed by atoms with Crippen molar-refractivity contribution in [3.05, 3.63) is 279 Å². The van der Waals surface area contributed by atoms with E-state index in [0.29, 0.717) is 0 Å². The highest BCUT2D eigenvalue weighted by Crippen LogP contribution is 2.46. The molecule has 1 aromatic heterocycles. The Labute approximate surface area is 397 Å². The molecule has 0 unspecified atom stereocenters. The van der Waals surface area contributed by atoms with Crippen molar-refractivity contribution in [2.45, 2.75) is 0 Å². The molecule has 2 nitrogen and oxygen atoms in total. The lowest BCUT2D eigenvalue weighted by Crippen LogP contribution is -2.11. The van der Waals surface area contributed by atoms with Crippen LogP contribution in [0.5, 0.6) is 0 Å². The van der Waals surface area contributed by atoms with Crippen LogP contribution in [0.3, 0.4) is 0 Å². The second kappa shape index (κ2) is 17.8. The van der Waals surface area contributed by atoms with Gasteiger partial charge in [0.25, 0.3) is 0 Å². The molecule has 0 saturated carbocycles. The quantitative estimate of drug-likeness (QED) is 0.133. The lowest BCUT2D eigenvalue weighted by atomic mass is 9.88. The number of hydrogen-bond acceptors (Lipinski definition) is 1. The fourth-order valence-corrected chi connectivity index (χ4v) is 9.98. The van der Waals surface area contributed by atoms with Crippen LogP contribution in [-0.4, -0.2) is 4.57 Å². The Balaban J connectivity index is 1.000. The van der Waals surface area contributed by atoms with Crippen molar-refractivity contribution < 1.29 is 0 Å². The van der Waals surface area contributed by atoms with E-state index in [0.717, 1.165) is 33.9 Å². The zero-order valence-electron chi connectivity index (χ0n) is 37.5. The van der Waals surface area contributed by atoms with Gasteiger partial charge in [0.1, 0.15) is 0 Å². The molecule has 11 aromatic carbocycles. The van der Waals surface area contributed by atoms with Crippen molar-refractivity contribution in [3.63, 3.8) is 0 Å². The van der Waals surface area contributed by atoms with Crippen LogP contribution in [0.2, 0.25) is 0 Å². The third-order valence-electron chi connectivity index (χ3n) is 13.2. The Morgan fingerprint density at radius 3 is 1.35 bits per heavy atom. The average molecular weight is 867 g/mol. The predicted octanol–water partition coefficient (Wildman–Crippen LogP) is 18.3. The van der Waals surface area contributed by atoms with E-state index < -0.39 is 0 Å². The van der Waals surface area contributed by atoms with Gasteiger partial charge in [0.2, 0.25) is 0 Å². The van der Waals surface area contributed by atoms with Gasteiger partial charge in [0, 0.05) is 33.4 Å². The van der Waals surface area contributed by atoms with Gasteiger partial charge in [-0.2, -0.15) is 0 Å². The standard InChI is InChI=1S/C66H46N2/c1-4-19-47(20-5-1)48-35-37-49(38-36-48)50-39-42-55(43-40-50)67(64-33-16-14-31-61(64)60-30-13-12-29-59(60)58-28-11-10-27-57(58)51-21-6-2-7-22-51)56-26-18-23-52(45-56)53-41-44-66-63(46-53)62-32-15-17-34-65(62)68(66)54-24-8-3-9-25-54/h1-46H. The first-order valence-electron chi connectivity index (χ1n) is 23.3. The normalized spacial score (nSPS) is 11.2. The third-order valence-corrected chi connectivity index (χ3v) is 13.2. The Morgan fingerprint density at radius 1 is 0.235 bits per heavy atom. The maximum Gasteiger partial charge on any atom is 0.0541 e. The molecule has 0 amide bonds. The molecule has 68 heavy (non-hydrogen) atoms. The molecular formula is C66H46N2. The third kappa shape index (κ3) is 7.54. The molecule has 0 bridgehead atoms. The van der Waals surface area contributed by atoms with Gasteiger partial charge in [-0.15, -0.1) is 0 Å². The summed E-state index contributed by atoms with van der Waals surface area (Å²) in [6.07, 6.45) is 0. The molecule has 12 aromatic rings. The number of benzene rings is 11. The van der Waals surface area contributed by atoms with Crippen molar-refractivity contribution in [1.82, 2.24) is 4.57 Å². The Kier molecular flexibility index (Phi) is 10.6. The fraction of sp³-hybridized carbons (Fsp3) is 0. The highest BCUT2D eigenvalue weighted by Gasteiger charge is 2.21. The number of fused-ring (bicyclic) bond motifs is 3. The highest BCUT2D eigenvalue weighted by molar-refractivity contribution is 6.10. The van der Waals surface area contributed by atoms with Crippen LogP contribution in [0, 0.1) is 0 Å². The summed E-state index contributed by atoms with van der Waals surface area (Å²) in [7, 11) is 0. The van der Waals surface area contributed by atoms with Crippen LogP contribution >= 0.6 is 0 Å². The van der Waals surface area contributed by atoms with Crippen molar-refractivity contribution in [2.24, 2.45) is 0 Å². The number of nitrogens with zero attached hydrogens (tertiary/aromatic N) is 2. The molecule has 0 aliphatic rings. The summed E-state index contributed by atoms with van der Waals surface area (Å²) in [5.41, 5.74) is 21.0. The number of rotatable bonds is 10. The topological polar surface area (TPSA) is 8.17 Å². The van der Waals surface area contributed by atoms with E-state index >= 15 is 0 Å². The molecule has 0 fully saturated rings. The van der Waals surface area contributed by atoms with Crippen LogP contribution in [0.15, 0.2) is 279 Å². The summed E-state index contributed by atoms with van der Waals surface area (Å²) in [6, 6.07) is 101. The lowest BCUT2D eigenvalue weighted by Gasteiger charge is -2.29. The monoisotopic (exact) mass is 866 g/mol. The average Bonchev–Trinajstić information content (AvgIpc) is 3.76. The Morgan fingerprint density at radius 2 is 0.676 bits per heavy atom. The molecule has 12 rings (SSSR count). The summed E-state index contributed by atoms with van der Waals surface area (Å²) < 4.78 is 2.38. The van der Waals surface area contributed by atoms with E-state index in [4.69, 9.17) is 0 Å². The highest BCUT2D eigenvalue weighted by atomic mass is 15.1. The predicted molar refractivity (Wildman–Crippen MR) is 288 cm³/mol. The van der Waals surface area contributed by atoms with E-state index in [9.17, 15) is 0 Å². The molecule has 0 spiro atoms. The van der Waals surface area contributed by atoms with Gasteiger partial charge < -0.3 is 9.47 Å². The fourth-order valence-electron chi connectivity index (χ4n) is 9.98. The lowest BCUT2D eigenvalue weighted by molar-refractivity contribution is 1.18. The summed E-state index contributed by atoms with van der Waals surface area (Å²) in [5, 5.41) is 2.47. The molecule has 1 heterocycles. The Hall–Kier alpha value is -8.98. The van der Waals surface area contributed by atoms with Gasteiger partial charge in [-0.3, -0.25) is 0 Å². The van der Waals surface area contributed by atoms with Gasteiger partial charge in [-0.05, 0) is 122 Å². The van der Waals surface area contributed by atoms with Crippen molar-refractivity contribution >= 4 is 38.9 Å². The number of hydrogen-bond donors (Lipinski definition) is 0. The minimum absolute atomic E-state index is 1.07. The van der Waals surface area contributed by atoms with E-state index in [1.807, 2.05) is 0 Å². The van der Waals surface area contributed by atoms with Crippen LogP contribution in [-0.2, 0) is 0 Å². The van der Waals surface area contributed by atoms with E-state index in [-0.39, 0.29) is 0 Å². The SMILES string of the molecule is c1ccc(-c2ccc(-c3ccc(N(c4cccc(-c5ccc6c(c5)c5ccccc5n6-c5ccccc5)c4)c4ccccc4-c4ccccc4-c4ccccc4-c4ccccc4)cc3)cc2)cc1. The molecule has 0 atom stereocenters. The molecule has 0 aliphatic heterocycles. The van der Waals surface area contributed by atoms with E-state index in [2.05, 4.69) is 289 Å². The van der Waals surface area contributed by atoms with Crippen molar-refractivity contribution in [3.8, 4) is 72.4 Å². The number of aromatic nitrogens is 1. The second-order valence-electron chi connectivity index (χ2n) is 17.3. The summed E-state index contributed by atoms with van der Waals surface area (Å²) in [4.78, 5) is 2.43. The first kappa shape index (κ1) is 40.5. The first-order valence-corrected chi connectivity index (χ1v) is 23.3. The first-order chi connectivity index (χ1) is 33.7. The van der Waals surface area contributed by atoms with Crippen LogP contribution in [0.1, 0.15) is 0 Å². The maximum absolute atomic E-state index is 2.43. The maximum atomic E-state index is 2.43. The molecule has 0 saturated heterocycles. The van der Waals surface area contributed by atoms with Crippen molar-refractivity contribution in [2.75, 3.05) is 4.90 Å². The largest absolute Gasteiger partial charge is 0.310 e. The second-order valence-corrected chi connectivity index (χ2v) is 17.3. The van der Waals surface area contributed by atoms with Gasteiger partial charge in [0.15, 0.2) is 0 Å². The number of anilines is 3. The minimum atomic E-state index is 1.07. The number of para-hydroxylation sites is 3. The summed E-state index contributed by atoms with van der Waals surface area (Å²) >= 11 is 0. The van der Waals surface area contributed by atoms with Gasteiger partial charge >= 0.3 is 0 Å². The molecular weight excluding hydrogens is 821 g/mol. The molecule has 2 heteroatoms. The zero-order valence-corrected chi connectivity index (χ0v) is 37.5. The molecule has 0 radical (unpaired) electrons. The Bertz CT molecular complexity index is 3700. The van der Waals surface area contributed by atoms with Gasteiger partial charge in [-0.1, -0.05) is 218 Å². The summed E-state index contributed by atoms with van der Waals surface area (Å²) in [5.74, 6) is 0. The van der Waals surface area contributed by atoms with Gasteiger partial charge in [0.05, 0.1) is 16.7 Å². The zero-order chi connectivity index (χ0) is 45.2. The smallest absolute Gasteiger partial charge is 0.0541 e. The minimum Gasteiger partial charge on any atom is -0.310 e. The van der Waals surface area contributed by atoms with Gasteiger partial charge in [-0.25, -0.2) is 0 Å². The summed E-state index contributed by atoms with van der Waals surface area (Å²) in [6.45, 7) is 0. The van der Waals surface area contributed by atoms with E-state index in [1.165, 1.54) is 77.4 Å². The van der Waals surface area contributed by atoms with E-state index in [1.54, 1.807) is 0 Å². The van der Waals surface area contributed by atoms with Crippen LogP contribution in [0.25, 0.3) is 94.3 Å². The molecule has 0 aliphatic carbocycles. The molecule has 320 valence electrons. The molecule has 0 N–H and O–H groups in total. The van der Waals surface area contributed by atoms with Crippen LogP contribution < -0.4 is 4.90 Å². The van der Waals surface area contributed by atoms with Crippen LogP contribution in [0.4, 0.5) is 17.1 Å². The van der Waals surface area contributed by atoms with Crippen molar-refractivity contribution in [1.29, 1.82) is 0 Å².